The standard InChI is InChI=1S/C13H8ClN3O3/c14-9-6-15-12-10(16-9)11(17-20-12)13(18)19-7-8-4-2-1-3-5-8/h1-6H,7H2. The predicted octanol–water partition coefficient (Wildman–Crippen LogP) is 2.63. The normalized spacial score (nSPS) is 10.7. The Morgan fingerprint density at radius 3 is 2.90 bits per heavy atom. The van der Waals surface area contributed by atoms with Crippen molar-refractivity contribution in [1.82, 2.24) is 15.1 Å². The number of carbonyl (C=O) groups is 1. The van der Waals surface area contributed by atoms with Crippen molar-refractivity contribution >= 4 is 28.8 Å². The molecule has 0 saturated carbocycles. The summed E-state index contributed by atoms with van der Waals surface area (Å²) in [5.74, 6) is -0.635. The summed E-state index contributed by atoms with van der Waals surface area (Å²) >= 11 is 5.73. The molecule has 0 amide bonds. The average Bonchev–Trinajstić information content (AvgIpc) is 2.89. The van der Waals surface area contributed by atoms with Crippen LogP contribution in [0.5, 0.6) is 0 Å². The van der Waals surface area contributed by atoms with E-state index in [2.05, 4.69) is 15.1 Å². The van der Waals surface area contributed by atoms with E-state index in [0.717, 1.165) is 5.56 Å². The molecule has 0 aliphatic carbocycles. The largest absolute Gasteiger partial charge is 0.456 e. The van der Waals surface area contributed by atoms with Gasteiger partial charge in [-0.3, -0.25) is 0 Å². The van der Waals surface area contributed by atoms with Gasteiger partial charge in [-0.15, -0.1) is 0 Å². The Morgan fingerprint density at radius 1 is 1.30 bits per heavy atom. The number of aromatic nitrogens is 3. The van der Waals surface area contributed by atoms with Gasteiger partial charge in [-0.25, -0.2) is 14.8 Å². The van der Waals surface area contributed by atoms with Crippen molar-refractivity contribution in [1.29, 1.82) is 0 Å². The van der Waals surface area contributed by atoms with Crippen molar-refractivity contribution in [3.05, 3.63) is 52.9 Å². The van der Waals surface area contributed by atoms with Crippen molar-refractivity contribution in [2.45, 2.75) is 6.61 Å². The summed E-state index contributed by atoms with van der Waals surface area (Å²) in [6, 6.07) is 9.31. The molecule has 0 spiro atoms. The van der Waals surface area contributed by atoms with Crippen LogP contribution < -0.4 is 0 Å². The zero-order valence-electron chi connectivity index (χ0n) is 10.1. The number of nitrogens with zero attached hydrogens (tertiary/aromatic N) is 3. The highest BCUT2D eigenvalue weighted by Crippen LogP contribution is 2.17. The fourth-order valence-corrected chi connectivity index (χ4v) is 1.77. The van der Waals surface area contributed by atoms with Gasteiger partial charge in [-0.05, 0) is 5.56 Å². The third-order valence-corrected chi connectivity index (χ3v) is 2.75. The van der Waals surface area contributed by atoms with Gasteiger partial charge in [0.2, 0.25) is 5.69 Å². The van der Waals surface area contributed by atoms with Crippen LogP contribution in [-0.4, -0.2) is 21.1 Å². The maximum atomic E-state index is 11.9. The van der Waals surface area contributed by atoms with Gasteiger partial charge in [-0.1, -0.05) is 47.1 Å². The number of benzene rings is 1. The molecular weight excluding hydrogens is 282 g/mol. The summed E-state index contributed by atoms with van der Waals surface area (Å²) in [7, 11) is 0. The molecule has 6 nitrogen and oxygen atoms in total. The van der Waals surface area contributed by atoms with Gasteiger partial charge in [0.15, 0.2) is 5.52 Å². The predicted molar refractivity (Wildman–Crippen MR) is 70.2 cm³/mol. The second-order valence-corrected chi connectivity index (χ2v) is 4.33. The fraction of sp³-hybridized carbons (Fsp3) is 0.0769. The van der Waals surface area contributed by atoms with E-state index in [1.54, 1.807) is 0 Å². The average molecular weight is 290 g/mol. The van der Waals surface area contributed by atoms with Crippen LogP contribution >= 0.6 is 11.6 Å². The van der Waals surface area contributed by atoms with Crippen LogP contribution in [-0.2, 0) is 11.3 Å². The lowest BCUT2D eigenvalue weighted by Crippen LogP contribution is -2.06. The zero-order chi connectivity index (χ0) is 13.9. The maximum absolute atomic E-state index is 11.9. The molecule has 20 heavy (non-hydrogen) atoms. The van der Waals surface area contributed by atoms with Gasteiger partial charge in [0.1, 0.15) is 11.8 Å². The fourth-order valence-electron chi connectivity index (χ4n) is 1.64. The lowest BCUT2D eigenvalue weighted by Gasteiger charge is -2.02. The van der Waals surface area contributed by atoms with E-state index >= 15 is 0 Å². The van der Waals surface area contributed by atoms with Gasteiger partial charge in [0.25, 0.3) is 5.71 Å². The minimum atomic E-state index is -0.635. The van der Waals surface area contributed by atoms with Gasteiger partial charge in [0.05, 0.1) is 6.20 Å². The number of esters is 1. The zero-order valence-corrected chi connectivity index (χ0v) is 10.9. The van der Waals surface area contributed by atoms with Crippen molar-refractivity contribution in [2.24, 2.45) is 0 Å². The smallest absolute Gasteiger partial charge is 0.363 e. The molecule has 0 atom stereocenters. The summed E-state index contributed by atoms with van der Waals surface area (Å²) in [6.45, 7) is 0.141. The first kappa shape index (κ1) is 12.6. The van der Waals surface area contributed by atoms with E-state index < -0.39 is 5.97 Å². The molecule has 100 valence electrons. The van der Waals surface area contributed by atoms with Crippen LogP contribution in [0.1, 0.15) is 16.1 Å². The number of halogens is 1. The van der Waals surface area contributed by atoms with Crippen molar-refractivity contribution < 1.29 is 14.1 Å². The summed E-state index contributed by atoms with van der Waals surface area (Å²) in [5, 5.41) is 3.77. The van der Waals surface area contributed by atoms with Gasteiger partial charge < -0.3 is 9.26 Å². The highest BCUT2D eigenvalue weighted by atomic mass is 35.5. The molecule has 2 heterocycles. The second kappa shape index (κ2) is 5.26. The van der Waals surface area contributed by atoms with E-state index in [0.29, 0.717) is 0 Å². The van der Waals surface area contributed by atoms with E-state index in [4.69, 9.17) is 20.9 Å². The molecule has 0 saturated heterocycles. The van der Waals surface area contributed by atoms with Gasteiger partial charge in [0, 0.05) is 0 Å². The topological polar surface area (TPSA) is 78.1 Å². The molecule has 1 aromatic carbocycles. The third-order valence-electron chi connectivity index (χ3n) is 2.56. The minimum Gasteiger partial charge on any atom is -0.456 e. The monoisotopic (exact) mass is 289 g/mol. The molecule has 0 unspecified atom stereocenters. The number of fused-ring (bicyclic) bond motifs is 1. The summed E-state index contributed by atoms with van der Waals surface area (Å²) in [4.78, 5) is 19.8. The molecule has 3 aromatic rings. The number of carbonyl (C=O) groups excluding carboxylic acids is 1. The lowest BCUT2D eigenvalue weighted by molar-refractivity contribution is 0.0463. The lowest BCUT2D eigenvalue weighted by atomic mass is 10.2. The molecular formula is C13H8ClN3O3. The van der Waals surface area contributed by atoms with E-state index in [1.807, 2.05) is 30.3 Å². The first-order valence-electron chi connectivity index (χ1n) is 5.73. The molecule has 0 aliphatic heterocycles. The molecule has 3 rings (SSSR count). The minimum absolute atomic E-state index is 0.0362. The number of rotatable bonds is 3. The maximum Gasteiger partial charge on any atom is 0.363 e. The quantitative estimate of drug-likeness (QED) is 0.690. The highest BCUT2D eigenvalue weighted by Gasteiger charge is 2.20. The summed E-state index contributed by atoms with van der Waals surface area (Å²) in [6.07, 6.45) is 1.31. The van der Waals surface area contributed by atoms with Crippen LogP contribution in [0.15, 0.2) is 41.1 Å². The highest BCUT2D eigenvalue weighted by molar-refractivity contribution is 6.29. The molecule has 0 fully saturated rings. The van der Waals surface area contributed by atoms with Crippen LogP contribution in [0.2, 0.25) is 5.15 Å². The van der Waals surface area contributed by atoms with Crippen LogP contribution in [0, 0.1) is 0 Å². The summed E-state index contributed by atoms with van der Waals surface area (Å²) in [5.41, 5.74) is 1.17. The van der Waals surface area contributed by atoms with Crippen molar-refractivity contribution in [3.8, 4) is 0 Å². The Morgan fingerprint density at radius 2 is 2.10 bits per heavy atom. The molecule has 7 heteroatoms. The Hall–Kier alpha value is -2.47. The molecule has 0 radical (unpaired) electrons. The number of hydrogen-bond acceptors (Lipinski definition) is 6. The van der Waals surface area contributed by atoms with Gasteiger partial charge >= 0.3 is 5.97 Å². The van der Waals surface area contributed by atoms with Crippen LogP contribution in [0.4, 0.5) is 0 Å². The summed E-state index contributed by atoms with van der Waals surface area (Å²) < 4.78 is 10.0. The first-order chi connectivity index (χ1) is 9.74. The number of hydrogen-bond donors (Lipinski definition) is 0. The molecule has 0 N–H and O–H groups in total. The van der Waals surface area contributed by atoms with Crippen molar-refractivity contribution in [3.63, 3.8) is 0 Å². The van der Waals surface area contributed by atoms with E-state index in [-0.39, 0.29) is 28.7 Å². The Labute approximate surface area is 118 Å². The van der Waals surface area contributed by atoms with Gasteiger partial charge in [-0.2, -0.15) is 0 Å². The SMILES string of the molecule is O=C(OCc1ccccc1)c1noc2ncc(Cl)nc12. The molecule has 0 bridgehead atoms. The van der Waals surface area contributed by atoms with Crippen LogP contribution in [0.25, 0.3) is 11.2 Å². The molecule has 0 aliphatic rings. The van der Waals surface area contributed by atoms with E-state index in [1.165, 1.54) is 6.20 Å². The Kier molecular flexibility index (Phi) is 3.30. The van der Waals surface area contributed by atoms with E-state index in [9.17, 15) is 4.79 Å². The Bertz CT molecular complexity index is 758. The first-order valence-corrected chi connectivity index (χ1v) is 6.11. The second-order valence-electron chi connectivity index (χ2n) is 3.94. The van der Waals surface area contributed by atoms with Crippen LogP contribution in [0.3, 0.4) is 0 Å². The number of ether oxygens (including phenoxy) is 1. The van der Waals surface area contributed by atoms with Crippen molar-refractivity contribution in [2.75, 3.05) is 0 Å². The molecule has 2 aromatic heterocycles. The third kappa shape index (κ3) is 2.46. The Balaban J connectivity index is 1.80.